The van der Waals surface area contributed by atoms with Gasteiger partial charge in [0, 0.05) is 6.54 Å². The molecule has 1 aromatic rings. The lowest BCUT2D eigenvalue weighted by atomic mass is 9.90. The Hall–Kier alpha value is -1.35. The van der Waals surface area contributed by atoms with Gasteiger partial charge in [0.25, 0.3) is 0 Å². The highest BCUT2D eigenvalue weighted by atomic mass is 16.4. The van der Waals surface area contributed by atoms with E-state index in [0.717, 1.165) is 31.4 Å². The molecule has 3 rings (SSSR count). The van der Waals surface area contributed by atoms with Crippen molar-refractivity contribution in [2.45, 2.75) is 31.7 Å². The average Bonchev–Trinajstić information content (AvgIpc) is 2.71. The molecule has 0 saturated carbocycles. The summed E-state index contributed by atoms with van der Waals surface area (Å²) in [6.07, 6.45) is 4.43. The summed E-state index contributed by atoms with van der Waals surface area (Å²) in [5.74, 6) is -0.765. The summed E-state index contributed by atoms with van der Waals surface area (Å²) in [5, 5.41) is 12.2. The Bertz CT molecular complexity index is 453. The van der Waals surface area contributed by atoms with Crippen LogP contribution in [0.2, 0.25) is 0 Å². The molecule has 0 fully saturated rings. The monoisotopic (exact) mass is 217 g/mol. The van der Waals surface area contributed by atoms with E-state index in [-0.39, 0.29) is 0 Å². The van der Waals surface area contributed by atoms with Gasteiger partial charge in [-0.3, -0.25) is 4.79 Å². The van der Waals surface area contributed by atoms with Crippen LogP contribution >= 0.6 is 0 Å². The first kappa shape index (κ1) is 9.85. The van der Waals surface area contributed by atoms with Crippen molar-refractivity contribution < 1.29 is 9.90 Å². The maximum Gasteiger partial charge on any atom is 0.325 e. The number of carbonyl (C=O) groups is 1. The molecule has 1 unspecified atom stereocenters. The van der Waals surface area contributed by atoms with Crippen LogP contribution in [0, 0.1) is 0 Å². The fraction of sp³-hybridized carbons (Fsp3) is 0.462. The van der Waals surface area contributed by atoms with Gasteiger partial charge in [0.2, 0.25) is 0 Å². The number of carboxylic acids is 1. The molecule has 1 atom stereocenters. The number of fused-ring (bicyclic) bond motifs is 2. The maximum atomic E-state index is 11.2. The third-order valence-electron chi connectivity index (χ3n) is 3.65. The van der Waals surface area contributed by atoms with Crippen LogP contribution < -0.4 is 5.32 Å². The van der Waals surface area contributed by atoms with Crippen molar-refractivity contribution in [1.82, 2.24) is 5.32 Å². The van der Waals surface area contributed by atoms with Gasteiger partial charge in [0.15, 0.2) is 0 Å². The molecule has 84 valence electrons. The molecule has 0 saturated heterocycles. The quantitative estimate of drug-likeness (QED) is 0.748. The molecule has 3 heteroatoms. The van der Waals surface area contributed by atoms with Crippen molar-refractivity contribution in [3.63, 3.8) is 0 Å². The molecule has 1 aliphatic carbocycles. The summed E-state index contributed by atoms with van der Waals surface area (Å²) in [5.41, 5.74) is 5.00. The minimum atomic E-state index is -0.765. The zero-order valence-electron chi connectivity index (χ0n) is 9.12. The molecule has 2 aliphatic rings. The summed E-state index contributed by atoms with van der Waals surface area (Å²) in [7, 11) is 0. The van der Waals surface area contributed by atoms with Gasteiger partial charge in [-0.25, -0.2) is 0 Å². The smallest absolute Gasteiger partial charge is 0.325 e. The number of hydrogen-bond donors (Lipinski definition) is 2. The lowest BCUT2D eigenvalue weighted by molar-refractivity contribution is -0.139. The number of benzene rings is 1. The largest absolute Gasteiger partial charge is 0.480 e. The van der Waals surface area contributed by atoms with Gasteiger partial charge < -0.3 is 10.4 Å². The average molecular weight is 217 g/mol. The molecule has 0 spiro atoms. The van der Waals surface area contributed by atoms with Crippen LogP contribution in [0.1, 0.15) is 34.7 Å². The molecule has 0 aromatic heterocycles. The maximum absolute atomic E-state index is 11.2. The number of aryl methyl sites for hydroxylation is 2. The van der Waals surface area contributed by atoms with Crippen molar-refractivity contribution >= 4 is 5.97 Å². The van der Waals surface area contributed by atoms with E-state index in [1.54, 1.807) is 0 Å². The molecule has 1 aliphatic heterocycles. The lowest BCUT2D eigenvalue weighted by Crippen LogP contribution is -2.35. The van der Waals surface area contributed by atoms with Crippen molar-refractivity contribution in [2.75, 3.05) is 6.54 Å². The Labute approximate surface area is 94.5 Å². The minimum Gasteiger partial charge on any atom is -0.480 e. The number of aliphatic carboxylic acids is 1. The van der Waals surface area contributed by atoms with E-state index < -0.39 is 12.0 Å². The second-order valence-corrected chi connectivity index (χ2v) is 4.65. The van der Waals surface area contributed by atoms with E-state index >= 15 is 0 Å². The van der Waals surface area contributed by atoms with Crippen LogP contribution in [0.15, 0.2) is 12.1 Å². The topological polar surface area (TPSA) is 49.3 Å². The molecule has 0 bridgehead atoms. The van der Waals surface area contributed by atoms with Gasteiger partial charge in [-0.05, 0) is 47.9 Å². The van der Waals surface area contributed by atoms with Crippen molar-refractivity contribution in [3.05, 3.63) is 34.4 Å². The molecule has 3 nitrogen and oxygen atoms in total. The third-order valence-corrected chi connectivity index (χ3v) is 3.65. The molecule has 16 heavy (non-hydrogen) atoms. The van der Waals surface area contributed by atoms with Crippen molar-refractivity contribution in [2.24, 2.45) is 0 Å². The molecule has 1 aromatic carbocycles. The van der Waals surface area contributed by atoms with Crippen LogP contribution in [0.5, 0.6) is 0 Å². The Kier molecular flexibility index (Phi) is 2.21. The summed E-state index contributed by atoms with van der Waals surface area (Å²) in [4.78, 5) is 11.2. The molecule has 1 heterocycles. The van der Waals surface area contributed by atoms with Crippen LogP contribution in [-0.4, -0.2) is 17.6 Å². The van der Waals surface area contributed by atoms with Crippen LogP contribution in [-0.2, 0) is 24.1 Å². The van der Waals surface area contributed by atoms with E-state index in [1.807, 2.05) is 0 Å². The van der Waals surface area contributed by atoms with Gasteiger partial charge in [-0.1, -0.05) is 12.1 Å². The summed E-state index contributed by atoms with van der Waals surface area (Å²) < 4.78 is 0. The second kappa shape index (κ2) is 3.59. The molecule has 2 N–H and O–H groups in total. The molecular formula is C13H15NO2. The molecule has 0 radical (unpaired) electrons. The van der Waals surface area contributed by atoms with Crippen LogP contribution in [0.25, 0.3) is 0 Å². The molecule has 0 amide bonds. The molecular weight excluding hydrogens is 202 g/mol. The standard InChI is InChI=1S/C13H15NO2/c15-13(16)12-11-7-9-3-1-2-8(9)6-10(11)4-5-14-12/h6-7,12,14H,1-5H2,(H,15,16). The SMILES string of the molecule is O=C(O)C1NCCc2cc3c(cc21)CCC3. The number of nitrogens with one attached hydrogen (secondary N) is 1. The Morgan fingerprint density at radius 1 is 1.19 bits per heavy atom. The Morgan fingerprint density at radius 2 is 1.94 bits per heavy atom. The van der Waals surface area contributed by atoms with E-state index in [0.29, 0.717) is 0 Å². The highest BCUT2D eigenvalue weighted by Gasteiger charge is 2.27. The van der Waals surface area contributed by atoms with Gasteiger partial charge in [-0.2, -0.15) is 0 Å². The first-order valence-corrected chi connectivity index (χ1v) is 5.86. The fourth-order valence-electron chi connectivity index (χ4n) is 2.86. The predicted molar refractivity (Wildman–Crippen MR) is 60.6 cm³/mol. The summed E-state index contributed by atoms with van der Waals surface area (Å²) in [6.45, 7) is 0.767. The van der Waals surface area contributed by atoms with Crippen molar-refractivity contribution in [1.29, 1.82) is 0 Å². The van der Waals surface area contributed by atoms with Gasteiger partial charge in [-0.15, -0.1) is 0 Å². The fourth-order valence-corrected chi connectivity index (χ4v) is 2.86. The normalized spacial score (nSPS) is 22.6. The van der Waals surface area contributed by atoms with E-state index in [2.05, 4.69) is 17.4 Å². The summed E-state index contributed by atoms with van der Waals surface area (Å²) in [6, 6.07) is 3.84. The van der Waals surface area contributed by atoms with E-state index in [4.69, 9.17) is 0 Å². The highest BCUT2D eigenvalue weighted by Crippen LogP contribution is 2.31. The number of rotatable bonds is 1. The number of hydrogen-bond acceptors (Lipinski definition) is 2. The first-order chi connectivity index (χ1) is 7.75. The zero-order valence-corrected chi connectivity index (χ0v) is 9.12. The lowest BCUT2D eigenvalue weighted by Gasteiger charge is -2.24. The highest BCUT2D eigenvalue weighted by molar-refractivity contribution is 5.77. The predicted octanol–water partition coefficient (Wildman–Crippen LogP) is 1.45. The van der Waals surface area contributed by atoms with Crippen LogP contribution in [0.4, 0.5) is 0 Å². The Morgan fingerprint density at radius 3 is 2.69 bits per heavy atom. The van der Waals surface area contributed by atoms with Gasteiger partial charge in [0.05, 0.1) is 0 Å². The third kappa shape index (κ3) is 1.43. The zero-order chi connectivity index (χ0) is 11.1. The number of carboxylic acid groups (broad SMARTS) is 1. The van der Waals surface area contributed by atoms with E-state index in [1.165, 1.54) is 23.1 Å². The van der Waals surface area contributed by atoms with Crippen molar-refractivity contribution in [3.8, 4) is 0 Å². The van der Waals surface area contributed by atoms with E-state index in [9.17, 15) is 9.90 Å². The van der Waals surface area contributed by atoms with Gasteiger partial charge in [0.1, 0.15) is 6.04 Å². The summed E-state index contributed by atoms with van der Waals surface area (Å²) >= 11 is 0. The first-order valence-electron chi connectivity index (χ1n) is 5.86. The van der Waals surface area contributed by atoms with Gasteiger partial charge >= 0.3 is 5.97 Å². The van der Waals surface area contributed by atoms with Crippen LogP contribution in [0.3, 0.4) is 0 Å². The second-order valence-electron chi connectivity index (χ2n) is 4.65. The minimum absolute atomic E-state index is 0.505. The Balaban J connectivity index is 2.10.